The van der Waals surface area contributed by atoms with Crippen LogP contribution in [0.4, 0.5) is 10.5 Å². The Morgan fingerprint density at radius 3 is 2.42 bits per heavy atom. The number of piperidine rings is 1. The highest BCUT2D eigenvalue weighted by atomic mass is 35.5. The van der Waals surface area contributed by atoms with E-state index in [4.69, 9.17) is 11.6 Å². The average Bonchev–Trinajstić information content (AvgIpc) is 3.09. The monoisotopic (exact) mass is 347 g/mol. The number of anilines is 1. The van der Waals surface area contributed by atoms with E-state index >= 15 is 0 Å². The molecule has 0 saturated carbocycles. The Morgan fingerprint density at radius 1 is 1.17 bits per heavy atom. The molecule has 6 heteroatoms. The lowest BCUT2D eigenvalue weighted by molar-refractivity contribution is 0.101. The fourth-order valence-corrected chi connectivity index (χ4v) is 3.62. The zero-order valence-electron chi connectivity index (χ0n) is 13.8. The predicted octanol–water partition coefficient (Wildman–Crippen LogP) is 3.41. The lowest BCUT2D eigenvalue weighted by Crippen LogP contribution is -2.47. The molecule has 0 radical (unpaired) electrons. The van der Waals surface area contributed by atoms with Gasteiger partial charge < -0.3 is 10.2 Å². The summed E-state index contributed by atoms with van der Waals surface area (Å²) in [4.78, 5) is 28.1. The molecule has 0 bridgehead atoms. The van der Waals surface area contributed by atoms with E-state index in [1.165, 1.54) is 6.92 Å². The van der Waals surface area contributed by atoms with Crippen LogP contribution in [-0.2, 0) is 0 Å². The quantitative estimate of drug-likeness (QED) is 0.673. The van der Waals surface area contributed by atoms with Gasteiger partial charge in [0, 0.05) is 43.5 Å². The van der Waals surface area contributed by atoms with Gasteiger partial charge in [-0.15, -0.1) is 0 Å². The largest absolute Gasteiger partial charge is 0.324 e. The molecule has 1 N–H and O–H groups in total. The van der Waals surface area contributed by atoms with Crippen LogP contribution in [0.2, 0.25) is 5.02 Å². The van der Waals surface area contributed by atoms with Gasteiger partial charge in [0.25, 0.3) is 0 Å². The number of urea groups is 1. The van der Waals surface area contributed by atoms with E-state index in [-0.39, 0.29) is 11.8 Å². The summed E-state index contributed by atoms with van der Waals surface area (Å²) in [6.07, 6.45) is 6.40. The second-order valence-corrected chi connectivity index (χ2v) is 6.73. The molecule has 2 heterocycles. The van der Waals surface area contributed by atoms with Crippen LogP contribution in [0.1, 0.15) is 30.1 Å². The minimum atomic E-state index is -0.111. The smallest absolute Gasteiger partial charge is 0.321 e. The van der Waals surface area contributed by atoms with Gasteiger partial charge in [-0.3, -0.25) is 9.69 Å². The molecule has 1 aromatic carbocycles. The minimum Gasteiger partial charge on any atom is -0.324 e. The van der Waals surface area contributed by atoms with E-state index in [2.05, 4.69) is 22.4 Å². The number of rotatable bonds is 3. The molecule has 0 atom stereocenters. The van der Waals surface area contributed by atoms with Crippen molar-refractivity contribution in [3.63, 3.8) is 0 Å². The molecule has 3 rings (SSSR count). The van der Waals surface area contributed by atoms with Crippen LogP contribution in [0.5, 0.6) is 0 Å². The molecule has 1 saturated heterocycles. The normalized spacial score (nSPS) is 18.8. The lowest BCUT2D eigenvalue weighted by atomic mass is 10.0. The number of likely N-dealkylation sites (tertiary alicyclic amines) is 1. The number of carbonyl (C=O) groups is 2. The molecule has 0 unspecified atom stereocenters. The number of ketones is 1. The molecule has 1 aromatic rings. The van der Waals surface area contributed by atoms with E-state index in [9.17, 15) is 9.59 Å². The van der Waals surface area contributed by atoms with E-state index in [0.717, 1.165) is 39.0 Å². The molecule has 0 aliphatic carbocycles. The second kappa shape index (κ2) is 7.36. The van der Waals surface area contributed by atoms with Crippen molar-refractivity contribution >= 4 is 29.1 Å². The lowest BCUT2D eigenvalue weighted by Gasteiger charge is -2.36. The Balaban J connectivity index is 1.54. The topological polar surface area (TPSA) is 52.7 Å². The summed E-state index contributed by atoms with van der Waals surface area (Å²) in [5, 5.41) is 3.23. The third-order valence-corrected chi connectivity index (χ3v) is 5.03. The Labute approximate surface area is 147 Å². The number of halogens is 1. The SMILES string of the molecule is CC(=O)c1ccc(NC(=O)N2CCC(N3CC=CC3)CC2)cc1Cl. The molecule has 2 aliphatic heterocycles. The number of nitrogens with one attached hydrogen (secondary N) is 1. The van der Waals surface area contributed by atoms with Crippen molar-refractivity contribution in [1.82, 2.24) is 9.80 Å². The fraction of sp³-hybridized carbons (Fsp3) is 0.444. The molecule has 2 aliphatic rings. The van der Waals surface area contributed by atoms with E-state index in [1.54, 1.807) is 18.2 Å². The predicted molar refractivity (Wildman–Crippen MR) is 95.8 cm³/mol. The van der Waals surface area contributed by atoms with Crippen molar-refractivity contribution in [2.75, 3.05) is 31.5 Å². The van der Waals surface area contributed by atoms with Crippen molar-refractivity contribution < 1.29 is 9.59 Å². The first-order valence-electron chi connectivity index (χ1n) is 8.30. The molecule has 0 aromatic heterocycles. The number of hydrogen-bond acceptors (Lipinski definition) is 3. The van der Waals surface area contributed by atoms with Crippen LogP contribution < -0.4 is 5.32 Å². The van der Waals surface area contributed by atoms with Gasteiger partial charge in [0.2, 0.25) is 0 Å². The van der Waals surface area contributed by atoms with Crippen LogP contribution in [0, 0.1) is 0 Å². The van der Waals surface area contributed by atoms with Crippen molar-refractivity contribution in [1.29, 1.82) is 0 Å². The van der Waals surface area contributed by atoms with E-state index < -0.39 is 0 Å². The maximum absolute atomic E-state index is 12.4. The Morgan fingerprint density at radius 2 is 1.83 bits per heavy atom. The molecule has 0 spiro atoms. The number of benzene rings is 1. The summed E-state index contributed by atoms with van der Waals surface area (Å²) in [6, 6.07) is 5.43. The minimum absolute atomic E-state index is 0.0867. The summed E-state index contributed by atoms with van der Waals surface area (Å²) < 4.78 is 0. The first kappa shape index (κ1) is 17.0. The molecule has 1 fully saturated rings. The summed E-state index contributed by atoms with van der Waals surface area (Å²) in [7, 11) is 0. The fourth-order valence-electron chi connectivity index (χ4n) is 3.31. The zero-order chi connectivity index (χ0) is 17.1. The van der Waals surface area contributed by atoms with Crippen LogP contribution in [0.3, 0.4) is 0 Å². The third-order valence-electron chi connectivity index (χ3n) is 4.71. The highest BCUT2D eigenvalue weighted by Crippen LogP contribution is 2.23. The Kier molecular flexibility index (Phi) is 5.21. The summed E-state index contributed by atoms with van der Waals surface area (Å²) >= 11 is 6.09. The molecule has 2 amide bonds. The van der Waals surface area contributed by atoms with Crippen LogP contribution >= 0.6 is 11.6 Å². The number of Topliss-reactive ketones (excluding diaryl/α,β-unsaturated/α-hetero) is 1. The first-order chi connectivity index (χ1) is 11.5. The molecular formula is C18H22ClN3O2. The van der Waals surface area contributed by atoms with Crippen LogP contribution in [0.25, 0.3) is 0 Å². The van der Waals surface area contributed by atoms with Crippen molar-refractivity contribution in [3.8, 4) is 0 Å². The zero-order valence-corrected chi connectivity index (χ0v) is 14.6. The standard InChI is InChI=1S/C18H22ClN3O2/c1-13(23)16-5-4-14(12-17(16)19)20-18(24)22-10-6-15(7-11-22)21-8-2-3-9-21/h2-5,12,15H,6-11H2,1H3,(H,20,24). The number of amides is 2. The summed E-state index contributed by atoms with van der Waals surface area (Å²) in [6.45, 7) is 5.04. The Hall–Kier alpha value is -1.85. The average molecular weight is 348 g/mol. The van der Waals surface area contributed by atoms with Crippen molar-refractivity contribution in [3.05, 3.63) is 40.9 Å². The van der Waals surface area contributed by atoms with Gasteiger partial charge in [-0.25, -0.2) is 4.79 Å². The first-order valence-corrected chi connectivity index (χ1v) is 8.68. The molecular weight excluding hydrogens is 326 g/mol. The highest BCUT2D eigenvalue weighted by Gasteiger charge is 2.27. The molecule has 128 valence electrons. The second-order valence-electron chi connectivity index (χ2n) is 6.32. The molecule has 5 nitrogen and oxygen atoms in total. The highest BCUT2D eigenvalue weighted by molar-refractivity contribution is 6.34. The third kappa shape index (κ3) is 3.79. The van der Waals surface area contributed by atoms with Gasteiger partial charge >= 0.3 is 6.03 Å². The van der Waals surface area contributed by atoms with Gasteiger partial charge in [0.1, 0.15) is 0 Å². The summed E-state index contributed by atoms with van der Waals surface area (Å²) in [5.74, 6) is -0.0867. The number of carbonyl (C=O) groups excluding carboxylic acids is 2. The van der Waals surface area contributed by atoms with Gasteiger partial charge in [-0.05, 0) is 38.0 Å². The number of nitrogens with zero attached hydrogens (tertiary/aromatic N) is 2. The molecule has 24 heavy (non-hydrogen) atoms. The van der Waals surface area contributed by atoms with Gasteiger partial charge in [-0.1, -0.05) is 23.8 Å². The maximum Gasteiger partial charge on any atom is 0.321 e. The van der Waals surface area contributed by atoms with Crippen LogP contribution in [0.15, 0.2) is 30.4 Å². The van der Waals surface area contributed by atoms with Crippen molar-refractivity contribution in [2.24, 2.45) is 0 Å². The van der Waals surface area contributed by atoms with E-state index in [1.807, 2.05) is 4.90 Å². The van der Waals surface area contributed by atoms with Gasteiger partial charge in [0.05, 0.1) is 5.02 Å². The summed E-state index contributed by atoms with van der Waals surface area (Å²) in [5.41, 5.74) is 1.08. The van der Waals surface area contributed by atoms with Gasteiger partial charge in [0.15, 0.2) is 5.78 Å². The van der Waals surface area contributed by atoms with E-state index in [0.29, 0.717) is 22.3 Å². The van der Waals surface area contributed by atoms with Gasteiger partial charge in [-0.2, -0.15) is 0 Å². The van der Waals surface area contributed by atoms with Crippen molar-refractivity contribution in [2.45, 2.75) is 25.8 Å². The maximum atomic E-state index is 12.4. The van der Waals surface area contributed by atoms with Crippen LogP contribution in [-0.4, -0.2) is 53.8 Å². The Bertz CT molecular complexity index is 658. The number of hydrogen-bond donors (Lipinski definition) is 1.